The zero-order valence-corrected chi connectivity index (χ0v) is 12.2. The van der Waals surface area contributed by atoms with E-state index >= 15 is 0 Å². The zero-order valence-electron chi connectivity index (χ0n) is 11.3. The van der Waals surface area contributed by atoms with Gasteiger partial charge in [0.15, 0.2) is 0 Å². The van der Waals surface area contributed by atoms with Crippen LogP contribution in [0.25, 0.3) is 0 Å². The van der Waals surface area contributed by atoms with Crippen LogP contribution in [-0.4, -0.2) is 13.2 Å². The van der Waals surface area contributed by atoms with Crippen LogP contribution in [0.4, 0.5) is 0 Å². The highest BCUT2D eigenvalue weighted by Crippen LogP contribution is 2.46. The van der Waals surface area contributed by atoms with Crippen molar-refractivity contribution in [2.24, 2.45) is 0 Å². The van der Waals surface area contributed by atoms with Crippen LogP contribution < -0.4 is 5.09 Å². The minimum absolute atomic E-state index is 0.0323. The molecular weight excluding hydrogens is 249 g/mol. The minimum Gasteiger partial charge on any atom is -0.297 e. The summed E-state index contributed by atoms with van der Waals surface area (Å²) in [4.78, 5) is 0. The summed E-state index contributed by atoms with van der Waals surface area (Å²) in [5, 5.41) is 3.01. The summed E-state index contributed by atoms with van der Waals surface area (Å²) in [6.45, 7) is 6.35. The Labute approximate surface area is 109 Å². The molecule has 18 heavy (non-hydrogen) atoms. The molecular formula is C13H22NO3P. The van der Waals surface area contributed by atoms with Gasteiger partial charge in [0, 0.05) is 6.04 Å². The van der Waals surface area contributed by atoms with Crippen molar-refractivity contribution in [1.29, 1.82) is 0 Å². The van der Waals surface area contributed by atoms with E-state index in [0.29, 0.717) is 13.2 Å². The van der Waals surface area contributed by atoms with Crippen molar-refractivity contribution in [3.8, 4) is 0 Å². The summed E-state index contributed by atoms with van der Waals surface area (Å²) in [7, 11) is -3.21. The fraction of sp³-hybridized carbons (Fsp3) is 0.538. The van der Waals surface area contributed by atoms with Crippen LogP contribution in [0.1, 0.15) is 38.8 Å². The first-order chi connectivity index (χ1) is 8.65. The smallest absolute Gasteiger partial charge is 0.297 e. The van der Waals surface area contributed by atoms with Gasteiger partial charge in [-0.2, -0.15) is 0 Å². The molecule has 0 amide bonds. The van der Waals surface area contributed by atoms with Crippen molar-refractivity contribution >= 4 is 7.75 Å². The summed E-state index contributed by atoms with van der Waals surface area (Å²) < 4.78 is 22.9. The van der Waals surface area contributed by atoms with E-state index in [4.69, 9.17) is 9.05 Å². The van der Waals surface area contributed by atoms with Gasteiger partial charge in [0.2, 0.25) is 0 Å². The topological polar surface area (TPSA) is 47.6 Å². The van der Waals surface area contributed by atoms with Crippen molar-refractivity contribution in [2.75, 3.05) is 13.2 Å². The number of benzene rings is 1. The molecule has 1 aromatic carbocycles. The number of rotatable bonds is 8. The Bertz CT molecular complexity index is 373. The van der Waals surface area contributed by atoms with Crippen molar-refractivity contribution in [3.63, 3.8) is 0 Å². The first-order valence-electron chi connectivity index (χ1n) is 6.37. The van der Waals surface area contributed by atoms with Crippen LogP contribution in [0.3, 0.4) is 0 Å². The Hall–Kier alpha value is -0.670. The predicted octanol–water partition coefficient (Wildman–Crippen LogP) is 3.91. The molecule has 0 saturated heterocycles. The quantitative estimate of drug-likeness (QED) is 0.728. The third-order valence-electron chi connectivity index (χ3n) is 2.52. The second-order valence-electron chi connectivity index (χ2n) is 3.83. The molecule has 1 N–H and O–H groups in total. The third kappa shape index (κ3) is 4.54. The largest absolute Gasteiger partial charge is 0.406 e. The van der Waals surface area contributed by atoms with Gasteiger partial charge >= 0.3 is 7.75 Å². The first-order valence-corrected chi connectivity index (χ1v) is 7.91. The molecule has 0 saturated carbocycles. The lowest BCUT2D eigenvalue weighted by Crippen LogP contribution is -2.20. The molecule has 0 heterocycles. The lowest BCUT2D eigenvalue weighted by Gasteiger charge is -2.24. The van der Waals surface area contributed by atoms with Gasteiger partial charge in [-0.25, -0.2) is 9.65 Å². The lowest BCUT2D eigenvalue weighted by atomic mass is 10.1. The Morgan fingerprint density at radius 3 is 2.11 bits per heavy atom. The molecule has 0 aliphatic rings. The van der Waals surface area contributed by atoms with Crippen LogP contribution in [0, 0.1) is 0 Å². The highest BCUT2D eigenvalue weighted by molar-refractivity contribution is 7.51. The van der Waals surface area contributed by atoms with E-state index in [1.54, 1.807) is 13.8 Å². The van der Waals surface area contributed by atoms with E-state index in [1.807, 2.05) is 37.3 Å². The van der Waals surface area contributed by atoms with Gasteiger partial charge in [-0.1, -0.05) is 37.3 Å². The van der Waals surface area contributed by atoms with Crippen LogP contribution in [0.2, 0.25) is 0 Å². The van der Waals surface area contributed by atoms with Gasteiger partial charge in [-0.05, 0) is 25.8 Å². The summed E-state index contributed by atoms with van der Waals surface area (Å²) in [5.41, 5.74) is 1.08. The molecule has 1 rings (SSSR count). The van der Waals surface area contributed by atoms with Gasteiger partial charge in [0.05, 0.1) is 13.2 Å². The van der Waals surface area contributed by atoms with Gasteiger partial charge < -0.3 is 0 Å². The molecule has 0 fully saturated rings. The van der Waals surface area contributed by atoms with Gasteiger partial charge in [-0.3, -0.25) is 9.05 Å². The van der Waals surface area contributed by atoms with E-state index < -0.39 is 7.75 Å². The first kappa shape index (κ1) is 15.4. The number of nitrogens with one attached hydrogen (secondary N) is 1. The van der Waals surface area contributed by atoms with Crippen molar-refractivity contribution in [3.05, 3.63) is 35.9 Å². The van der Waals surface area contributed by atoms with E-state index in [0.717, 1.165) is 12.0 Å². The average molecular weight is 271 g/mol. The fourth-order valence-corrected chi connectivity index (χ4v) is 3.35. The monoisotopic (exact) mass is 271 g/mol. The molecule has 102 valence electrons. The molecule has 0 aliphatic carbocycles. The van der Waals surface area contributed by atoms with Gasteiger partial charge in [0.25, 0.3) is 0 Å². The van der Waals surface area contributed by atoms with E-state index in [1.165, 1.54) is 0 Å². The van der Waals surface area contributed by atoms with Crippen LogP contribution >= 0.6 is 7.75 Å². The maximum Gasteiger partial charge on any atom is 0.406 e. The third-order valence-corrected chi connectivity index (χ3v) is 4.35. The second kappa shape index (κ2) is 7.70. The van der Waals surface area contributed by atoms with Crippen molar-refractivity contribution in [1.82, 2.24) is 5.09 Å². The number of hydrogen-bond acceptors (Lipinski definition) is 3. The molecule has 4 nitrogen and oxygen atoms in total. The van der Waals surface area contributed by atoms with Crippen molar-refractivity contribution < 1.29 is 13.6 Å². The SMILES string of the molecule is CCOP(=O)(NC(CC)c1ccccc1)OCC. The maximum absolute atomic E-state index is 12.4. The maximum atomic E-state index is 12.4. The molecule has 0 radical (unpaired) electrons. The Balaban J connectivity index is 2.80. The molecule has 5 heteroatoms. The van der Waals surface area contributed by atoms with E-state index in [2.05, 4.69) is 5.09 Å². The summed E-state index contributed by atoms with van der Waals surface area (Å²) in [6, 6.07) is 9.86. The Kier molecular flexibility index (Phi) is 6.58. The molecule has 0 aliphatic heterocycles. The molecule has 0 bridgehead atoms. The van der Waals surface area contributed by atoms with Crippen LogP contribution in [0.15, 0.2) is 30.3 Å². The lowest BCUT2D eigenvalue weighted by molar-refractivity contribution is 0.206. The second-order valence-corrected chi connectivity index (χ2v) is 5.60. The van der Waals surface area contributed by atoms with Crippen LogP contribution in [-0.2, 0) is 13.6 Å². The van der Waals surface area contributed by atoms with Crippen molar-refractivity contribution in [2.45, 2.75) is 33.2 Å². The summed E-state index contributed by atoms with van der Waals surface area (Å²) in [6.07, 6.45) is 0.814. The highest BCUT2D eigenvalue weighted by atomic mass is 31.2. The zero-order chi connectivity index (χ0) is 13.4. The average Bonchev–Trinajstić information content (AvgIpc) is 2.38. The molecule has 1 atom stereocenters. The summed E-state index contributed by atoms with van der Waals surface area (Å²) >= 11 is 0. The van der Waals surface area contributed by atoms with Gasteiger partial charge in [0.1, 0.15) is 0 Å². The Morgan fingerprint density at radius 1 is 1.11 bits per heavy atom. The summed E-state index contributed by atoms with van der Waals surface area (Å²) in [5.74, 6) is 0. The molecule has 1 unspecified atom stereocenters. The predicted molar refractivity (Wildman–Crippen MR) is 73.5 cm³/mol. The fourth-order valence-electron chi connectivity index (χ4n) is 1.73. The van der Waals surface area contributed by atoms with E-state index in [-0.39, 0.29) is 6.04 Å². The normalized spacial score (nSPS) is 13.5. The Morgan fingerprint density at radius 2 is 1.67 bits per heavy atom. The van der Waals surface area contributed by atoms with E-state index in [9.17, 15) is 4.57 Å². The molecule has 0 spiro atoms. The standard InChI is InChI=1S/C13H22NO3P/c1-4-13(12-10-8-7-9-11-12)14-18(15,16-5-2)17-6-3/h7-11,13H,4-6H2,1-3H3,(H,14,15). The molecule has 0 aromatic heterocycles. The molecule has 1 aromatic rings. The minimum atomic E-state index is -3.21. The van der Waals surface area contributed by atoms with Gasteiger partial charge in [-0.15, -0.1) is 0 Å². The van der Waals surface area contributed by atoms with Crippen LogP contribution in [0.5, 0.6) is 0 Å². The number of hydrogen-bond donors (Lipinski definition) is 1. The highest BCUT2D eigenvalue weighted by Gasteiger charge is 2.27.